The second kappa shape index (κ2) is 11.5. The normalized spacial score (nSPS) is 20.0. The molecule has 0 bridgehead atoms. The van der Waals surface area contributed by atoms with Crippen LogP contribution in [0.25, 0.3) is 5.76 Å². The number of hydrogen-bond acceptors (Lipinski definition) is 8. The Labute approximate surface area is 215 Å². The third-order valence-electron chi connectivity index (χ3n) is 6.43. The molecule has 0 unspecified atom stereocenters. The van der Waals surface area contributed by atoms with Crippen molar-refractivity contribution in [2.45, 2.75) is 19.9 Å². The quantitative estimate of drug-likeness (QED) is 0.179. The Morgan fingerprint density at radius 2 is 1.73 bits per heavy atom. The number of likely N-dealkylation sites (tertiary alicyclic amines) is 1. The van der Waals surface area contributed by atoms with Gasteiger partial charge in [0.15, 0.2) is 0 Å². The van der Waals surface area contributed by atoms with Gasteiger partial charge < -0.3 is 19.5 Å². The molecule has 2 heterocycles. The average Bonchev–Trinajstić information content (AvgIpc) is 3.16. The van der Waals surface area contributed by atoms with Gasteiger partial charge in [0.1, 0.15) is 11.5 Å². The van der Waals surface area contributed by atoms with E-state index in [9.17, 15) is 24.8 Å². The molecule has 196 valence electrons. The van der Waals surface area contributed by atoms with Crippen LogP contribution in [-0.4, -0.2) is 77.5 Å². The number of carbonyl (C=O) groups excluding carboxylic acids is 2. The molecule has 2 saturated heterocycles. The van der Waals surface area contributed by atoms with Gasteiger partial charge in [-0.05, 0) is 47.9 Å². The lowest BCUT2D eigenvalue weighted by Crippen LogP contribution is -2.42. The Morgan fingerprint density at radius 3 is 2.32 bits per heavy atom. The second-order valence-electron chi connectivity index (χ2n) is 9.52. The van der Waals surface area contributed by atoms with Crippen LogP contribution in [0.15, 0.2) is 54.1 Å². The van der Waals surface area contributed by atoms with E-state index in [1.165, 1.54) is 29.2 Å². The predicted octanol–water partition coefficient (Wildman–Crippen LogP) is 3.38. The Balaban J connectivity index is 1.68. The highest BCUT2D eigenvalue weighted by atomic mass is 16.6. The topological polar surface area (TPSA) is 122 Å². The van der Waals surface area contributed by atoms with Gasteiger partial charge in [0, 0.05) is 43.9 Å². The molecule has 0 saturated carbocycles. The molecule has 0 aliphatic carbocycles. The van der Waals surface area contributed by atoms with Gasteiger partial charge in [-0.25, -0.2) is 0 Å². The SMILES string of the molecule is CC(C)COc1ccc(C(O)=C2C(=O)C(=O)N(CCN3CCOCC3)[C@H]2c2ccc([N+](=O)[O-])cc2)cc1. The number of ether oxygens (including phenoxy) is 2. The van der Waals surface area contributed by atoms with E-state index in [0.29, 0.717) is 49.2 Å². The minimum absolute atomic E-state index is 0.0447. The van der Waals surface area contributed by atoms with Crippen molar-refractivity contribution in [2.24, 2.45) is 5.92 Å². The zero-order chi connectivity index (χ0) is 26.5. The summed E-state index contributed by atoms with van der Waals surface area (Å²) in [5.41, 5.74) is 0.725. The van der Waals surface area contributed by atoms with E-state index in [4.69, 9.17) is 9.47 Å². The molecule has 37 heavy (non-hydrogen) atoms. The van der Waals surface area contributed by atoms with Crippen molar-refractivity contribution < 1.29 is 29.1 Å². The Morgan fingerprint density at radius 1 is 1.08 bits per heavy atom. The predicted molar refractivity (Wildman–Crippen MR) is 136 cm³/mol. The summed E-state index contributed by atoms with van der Waals surface area (Å²) in [5, 5.41) is 22.4. The lowest BCUT2D eigenvalue weighted by molar-refractivity contribution is -0.384. The van der Waals surface area contributed by atoms with Crippen LogP contribution in [0.5, 0.6) is 5.75 Å². The molecule has 1 atom stereocenters. The van der Waals surface area contributed by atoms with Crippen LogP contribution in [-0.2, 0) is 14.3 Å². The van der Waals surface area contributed by atoms with Crippen LogP contribution in [0.4, 0.5) is 5.69 Å². The number of morpholine rings is 1. The first-order valence-corrected chi connectivity index (χ1v) is 12.3. The summed E-state index contributed by atoms with van der Waals surface area (Å²) in [7, 11) is 0. The molecule has 2 aromatic carbocycles. The average molecular weight is 510 g/mol. The third-order valence-corrected chi connectivity index (χ3v) is 6.43. The van der Waals surface area contributed by atoms with Crippen molar-refractivity contribution in [1.82, 2.24) is 9.80 Å². The fourth-order valence-corrected chi connectivity index (χ4v) is 4.44. The molecule has 2 fully saturated rings. The van der Waals surface area contributed by atoms with Crippen LogP contribution < -0.4 is 4.74 Å². The van der Waals surface area contributed by atoms with Crippen LogP contribution >= 0.6 is 0 Å². The molecule has 1 N–H and O–H groups in total. The Bertz CT molecular complexity index is 1170. The van der Waals surface area contributed by atoms with E-state index < -0.39 is 22.7 Å². The maximum Gasteiger partial charge on any atom is 0.295 e. The van der Waals surface area contributed by atoms with Gasteiger partial charge in [-0.2, -0.15) is 0 Å². The molecule has 0 aromatic heterocycles. The van der Waals surface area contributed by atoms with Crippen LogP contribution in [0, 0.1) is 16.0 Å². The van der Waals surface area contributed by atoms with Crippen molar-refractivity contribution in [3.05, 3.63) is 75.3 Å². The molecule has 1 amide bonds. The summed E-state index contributed by atoms with van der Waals surface area (Å²) < 4.78 is 11.1. The molecular weight excluding hydrogens is 478 g/mol. The van der Waals surface area contributed by atoms with E-state index in [0.717, 1.165) is 13.1 Å². The molecule has 4 rings (SSSR count). The second-order valence-corrected chi connectivity index (χ2v) is 9.52. The summed E-state index contributed by atoms with van der Waals surface area (Å²) in [6.45, 7) is 8.04. The number of non-ortho nitro benzene ring substituents is 1. The van der Waals surface area contributed by atoms with Gasteiger partial charge in [0.2, 0.25) is 0 Å². The minimum atomic E-state index is -0.876. The van der Waals surface area contributed by atoms with Crippen molar-refractivity contribution in [2.75, 3.05) is 46.0 Å². The van der Waals surface area contributed by atoms with Crippen LogP contribution in [0.3, 0.4) is 0 Å². The van der Waals surface area contributed by atoms with Crippen molar-refractivity contribution >= 4 is 23.1 Å². The fourth-order valence-electron chi connectivity index (χ4n) is 4.44. The Hall–Kier alpha value is -3.76. The Kier molecular flexibility index (Phi) is 8.20. The van der Waals surface area contributed by atoms with E-state index in [1.54, 1.807) is 24.3 Å². The number of amides is 1. The van der Waals surface area contributed by atoms with Gasteiger partial charge in [-0.3, -0.25) is 24.6 Å². The first-order chi connectivity index (χ1) is 17.8. The number of benzene rings is 2. The fraction of sp³-hybridized carbons (Fsp3) is 0.407. The summed E-state index contributed by atoms with van der Waals surface area (Å²) in [4.78, 5) is 40.6. The number of nitro benzene ring substituents is 1. The smallest absolute Gasteiger partial charge is 0.295 e. The maximum atomic E-state index is 13.2. The van der Waals surface area contributed by atoms with Gasteiger partial charge in [-0.1, -0.05) is 13.8 Å². The molecule has 10 nitrogen and oxygen atoms in total. The molecule has 0 spiro atoms. The molecular formula is C27H31N3O7. The number of nitro groups is 1. The van der Waals surface area contributed by atoms with Crippen molar-refractivity contribution in [3.8, 4) is 5.75 Å². The molecule has 10 heteroatoms. The third kappa shape index (κ3) is 5.98. The molecule has 2 aliphatic rings. The van der Waals surface area contributed by atoms with E-state index >= 15 is 0 Å². The van der Waals surface area contributed by atoms with E-state index in [2.05, 4.69) is 4.90 Å². The lowest BCUT2D eigenvalue weighted by atomic mass is 9.95. The van der Waals surface area contributed by atoms with Gasteiger partial charge >= 0.3 is 0 Å². The standard InChI is InChI=1S/C27H31N3O7/c1-18(2)17-37-22-9-5-20(6-10-22)25(31)23-24(19-3-7-21(8-4-19)30(34)35)29(27(33)26(23)32)12-11-28-13-15-36-16-14-28/h3-10,18,24,31H,11-17H2,1-2H3/t24-/m0/s1. The summed E-state index contributed by atoms with van der Waals surface area (Å²) in [6.07, 6.45) is 0. The van der Waals surface area contributed by atoms with Crippen LogP contribution in [0.2, 0.25) is 0 Å². The maximum absolute atomic E-state index is 13.2. The summed E-state index contributed by atoms with van der Waals surface area (Å²) in [6, 6.07) is 11.5. The highest BCUT2D eigenvalue weighted by molar-refractivity contribution is 6.46. The van der Waals surface area contributed by atoms with Crippen molar-refractivity contribution in [1.29, 1.82) is 0 Å². The summed E-state index contributed by atoms with van der Waals surface area (Å²) in [5.74, 6) is -0.824. The largest absolute Gasteiger partial charge is 0.507 e. The molecule has 0 radical (unpaired) electrons. The molecule has 2 aliphatic heterocycles. The summed E-state index contributed by atoms with van der Waals surface area (Å²) >= 11 is 0. The number of carbonyl (C=O) groups is 2. The van der Waals surface area contributed by atoms with E-state index in [1.807, 2.05) is 13.8 Å². The minimum Gasteiger partial charge on any atom is -0.507 e. The zero-order valence-corrected chi connectivity index (χ0v) is 21.0. The first kappa shape index (κ1) is 26.3. The molecule has 2 aromatic rings. The van der Waals surface area contributed by atoms with Crippen molar-refractivity contribution in [3.63, 3.8) is 0 Å². The van der Waals surface area contributed by atoms with Crippen LogP contribution in [0.1, 0.15) is 31.0 Å². The highest BCUT2D eigenvalue weighted by Crippen LogP contribution is 2.40. The highest BCUT2D eigenvalue weighted by Gasteiger charge is 2.46. The monoisotopic (exact) mass is 509 g/mol. The zero-order valence-electron chi connectivity index (χ0n) is 21.0. The number of Topliss-reactive ketones (excluding diaryl/α,β-unsaturated/α-hetero) is 1. The first-order valence-electron chi connectivity index (χ1n) is 12.3. The number of aliphatic hydroxyl groups is 1. The van der Waals surface area contributed by atoms with Gasteiger partial charge in [-0.15, -0.1) is 0 Å². The van der Waals surface area contributed by atoms with Gasteiger partial charge in [0.05, 0.1) is 36.4 Å². The number of aliphatic hydroxyl groups excluding tert-OH is 1. The van der Waals surface area contributed by atoms with E-state index in [-0.39, 0.29) is 23.6 Å². The lowest BCUT2D eigenvalue weighted by Gasteiger charge is -2.31. The number of hydrogen-bond donors (Lipinski definition) is 1. The number of rotatable bonds is 9. The van der Waals surface area contributed by atoms with Gasteiger partial charge in [0.25, 0.3) is 17.4 Å². The number of nitrogens with zero attached hydrogens (tertiary/aromatic N) is 3. The number of ketones is 1.